The van der Waals surface area contributed by atoms with Crippen LogP contribution in [-0.4, -0.2) is 28.1 Å². The van der Waals surface area contributed by atoms with Crippen LogP contribution < -0.4 is 5.32 Å². The third-order valence-corrected chi connectivity index (χ3v) is 3.60. The summed E-state index contributed by atoms with van der Waals surface area (Å²) in [5.74, 6) is -1.81. The second-order valence-electron chi connectivity index (χ2n) is 4.31. The third-order valence-electron chi connectivity index (χ3n) is 2.93. The van der Waals surface area contributed by atoms with E-state index in [1.165, 1.54) is 6.07 Å². The van der Waals surface area contributed by atoms with Gasteiger partial charge in [0.15, 0.2) is 0 Å². The largest absolute Gasteiger partial charge is 0.507 e. The summed E-state index contributed by atoms with van der Waals surface area (Å²) in [5, 5.41) is 21.1. The van der Waals surface area contributed by atoms with Gasteiger partial charge in [-0.3, -0.25) is 9.59 Å². The molecule has 0 spiro atoms. The molecule has 1 aromatic rings. The van der Waals surface area contributed by atoms with Crippen molar-refractivity contribution in [3.8, 4) is 5.75 Å². The lowest BCUT2D eigenvalue weighted by atomic mass is 10.1. The van der Waals surface area contributed by atoms with Crippen LogP contribution in [0.2, 0.25) is 0 Å². The average Bonchev–Trinajstić information content (AvgIpc) is 2.81. The van der Waals surface area contributed by atoms with E-state index >= 15 is 0 Å². The van der Waals surface area contributed by atoms with Crippen LogP contribution >= 0.6 is 15.9 Å². The zero-order valence-corrected chi connectivity index (χ0v) is 11.4. The maximum Gasteiger partial charge on any atom is 0.310 e. The number of hydrogen-bond donors (Lipinski definition) is 3. The predicted molar refractivity (Wildman–Crippen MR) is 71.9 cm³/mol. The summed E-state index contributed by atoms with van der Waals surface area (Å²) in [4.78, 5) is 22.7. The Kier molecular flexibility index (Phi) is 3.90. The number of aromatic hydroxyl groups is 1. The highest BCUT2D eigenvalue weighted by Gasteiger charge is 2.25. The Morgan fingerprint density at radius 3 is 2.63 bits per heavy atom. The summed E-state index contributed by atoms with van der Waals surface area (Å²) < 4.78 is 0.510. The van der Waals surface area contributed by atoms with Gasteiger partial charge in [-0.15, -0.1) is 0 Å². The fraction of sp³-hybridized carbons (Fsp3) is 0.231. The van der Waals surface area contributed by atoms with E-state index in [2.05, 4.69) is 21.2 Å². The summed E-state index contributed by atoms with van der Waals surface area (Å²) in [6.07, 6.45) is 3.60. The number of hydrogen-bond acceptors (Lipinski definition) is 3. The zero-order valence-electron chi connectivity index (χ0n) is 9.84. The number of carboxylic acid groups (broad SMARTS) is 1. The molecule has 2 rings (SSSR count). The van der Waals surface area contributed by atoms with Gasteiger partial charge in [0.25, 0.3) is 5.91 Å². The van der Waals surface area contributed by atoms with Crippen molar-refractivity contribution in [2.45, 2.75) is 12.5 Å². The molecular weight excluding hydrogens is 314 g/mol. The molecule has 0 aliphatic heterocycles. The van der Waals surface area contributed by atoms with Crippen molar-refractivity contribution in [1.29, 1.82) is 0 Å². The van der Waals surface area contributed by atoms with Crippen molar-refractivity contribution in [3.05, 3.63) is 40.4 Å². The quantitative estimate of drug-likeness (QED) is 0.741. The molecule has 6 heteroatoms. The summed E-state index contributed by atoms with van der Waals surface area (Å²) in [6, 6.07) is 4.22. The van der Waals surface area contributed by atoms with Crippen LogP contribution in [0.5, 0.6) is 5.75 Å². The van der Waals surface area contributed by atoms with Crippen molar-refractivity contribution in [2.24, 2.45) is 5.92 Å². The molecule has 100 valence electrons. The Balaban J connectivity index is 2.00. The van der Waals surface area contributed by atoms with Gasteiger partial charge in [-0.1, -0.05) is 12.2 Å². The van der Waals surface area contributed by atoms with Crippen LogP contribution in [0.1, 0.15) is 16.8 Å². The van der Waals surface area contributed by atoms with Gasteiger partial charge in [0.2, 0.25) is 0 Å². The molecule has 0 saturated heterocycles. The van der Waals surface area contributed by atoms with Crippen molar-refractivity contribution >= 4 is 27.8 Å². The molecule has 0 aromatic heterocycles. The van der Waals surface area contributed by atoms with Crippen molar-refractivity contribution in [3.63, 3.8) is 0 Å². The Hall–Kier alpha value is -1.82. The van der Waals surface area contributed by atoms with Crippen molar-refractivity contribution in [1.82, 2.24) is 5.32 Å². The molecule has 1 aliphatic carbocycles. The van der Waals surface area contributed by atoms with Gasteiger partial charge in [0.05, 0.1) is 10.4 Å². The van der Waals surface area contributed by atoms with E-state index in [-0.39, 0.29) is 17.7 Å². The predicted octanol–water partition coefficient (Wildman–Crippen LogP) is 1.91. The highest BCUT2D eigenvalue weighted by molar-refractivity contribution is 9.10. The molecule has 19 heavy (non-hydrogen) atoms. The average molecular weight is 326 g/mol. The minimum Gasteiger partial charge on any atom is -0.507 e. The number of carbonyl (C=O) groups excluding carboxylic acids is 1. The van der Waals surface area contributed by atoms with Gasteiger partial charge in [0.1, 0.15) is 5.75 Å². The highest BCUT2D eigenvalue weighted by Crippen LogP contribution is 2.24. The lowest BCUT2D eigenvalue weighted by Gasteiger charge is -2.12. The third kappa shape index (κ3) is 3.14. The lowest BCUT2D eigenvalue weighted by molar-refractivity contribution is -0.140. The van der Waals surface area contributed by atoms with Gasteiger partial charge < -0.3 is 15.5 Å². The topological polar surface area (TPSA) is 86.6 Å². The van der Waals surface area contributed by atoms with Crippen LogP contribution in [-0.2, 0) is 4.79 Å². The van der Waals surface area contributed by atoms with E-state index in [0.717, 1.165) is 0 Å². The molecule has 0 heterocycles. The second kappa shape index (κ2) is 5.44. The maximum atomic E-state index is 11.9. The molecule has 5 nitrogen and oxygen atoms in total. The molecular formula is C13H12BrNO4. The number of benzene rings is 1. The minimum absolute atomic E-state index is 0.0157. The number of nitrogens with one attached hydrogen (secondary N) is 1. The second-order valence-corrected chi connectivity index (χ2v) is 5.17. The van der Waals surface area contributed by atoms with E-state index in [1.807, 2.05) is 0 Å². The Labute approximate surface area is 118 Å². The number of phenolic OH excluding ortho intramolecular Hbond substituents is 1. The van der Waals surface area contributed by atoms with Crippen LogP contribution in [0.25, 0.3) is 0 Å². The standard InChI is InChI=1S/C13H12BrNO4/c14-10-4-2-7(6-11(10)16)12(17)15-9-3-1-8(5-9)13(18)19/h1-4,6,8-9,16H,5H2,(H,15,17)(H,18,19). The molecule has 0 radical (unpaired) electrons. The monoisotopic (exact) mass is 325 g/mol. The van der Waals surface area contributed by atoms with Crippen molar-refractivity contribution < 1.29 is 19.8 Å². The van der Waals surface area contributed by atoms with E-state index in [0.29, 0.717) is 16.5 Å². The maximum absolute atomic E-state index is 11.9. The number of rotatable bonds is 3. The van der Waals surface area contributed by atoms with Gasteiger partial charge >= 0.3 is 5.97 Å². The summed E-state index contributed by atoms with van der Waals surface area (Å²) >= 11 is 3.13. The van der Waals surface area contributed by atoms with Crippen LogP contribution in [0.4, 0.5) is 0 Å². The summed E-state index contributed by atoms with van der Waals surface area (Å²) in [6.45, 7) is 0. The first kappa shape index (κ1) is 13.6. The lowest BCUT2D eigenvalue weighted by Crippen LogP contribution is -2.33. The molecule has 3 N–H and O–H groups in total. The number of amides is 1. The van der Waals surface area contributed by atoms with E-state index in [4.69, 9.17) is 5.11 Å². The molecule has 0 saturated carbocycles. The van der Waals surface area contributed by atoms with Crippen LogP contribution in [0.3, 0.4) is 0 Å². The number of halogens is 1. The molecule has 2 unspecified atom stereocenters. The Bertz CT molecular complexity index is 556. The fourth-order valence-electron chi connectivity index (χ4n) is 1.89. The first-order valence-electron chi connectivity index (χ1n) is 5.68. The number of aliphatic carboxylic acids is 1. The first-order valence-corrected chi connectivity index (χ1v) is 6.47. The highest BCUT2D eigenvalue weighted by atomic mass is 79.9. The normalized spacial score (nSPS) is 21.3. The van der Waals surface area contributed by atoms with Crippen LogP contribution in [0.15, 0.2) is 34.8 Å². The molecule has 0 fully saturated rings. The summed E-state index contributed by atoms with van der Waals surface area (Å²) in [5.41, 5.74) is 0.327. The molecule has 0 bridgehead atoms. The minimum atomic E-state index is -0.894. The zero-order chi connectivity index (χ0) is 14.0. The van der Waals surface area contributed by atoms with Crippen LogP contribution in [0, 0.1) is 5.92 Å². The van der Waals surface area contributed by atoms with E-state index < -0.39 is 11.9 Å². The molecule has 2 atom stereocenters. The number of carbonyl (C=O) groups is 2. The van der Waals surface area contributed by atoms with Gasteiger partial charge in [-0.25, -0.2) is 0 Å². The SMILES string of the molecule is O=C(NC1C=CC(C(=O)O)C1)c1ccc(Br)c(O)c1. The summed E-state index contributed by atoms with van der Waals surface area (Å²) in [7, 11) is 0. The van der Waals surface area contributed by atoms with Gasteiger partial charge in [-0.05, 0) is 40.5 Å². The van der Waals surface area contributed by atoms with E-state index in [9.17, 15) is 14.7 Å². The number of carboxylic acids is 1. The number of phenols is 1. The molecule has 1 aromatic carbocycles. The smallest absolute Gasteiger partial charge is 0.310 e. The van der Waals surface area contributed by atoms with Crippen molar-refractivity contribution in [2.75, 3.05) is 0 Å². The van der Waals surface area contributed by atoms with E-state index in [1.54, 1.807) is 24.3 Å². The molecule has 1 aliphatic rings. The fourth-order valence-corrected chi connectivity index (χ4v) is 2.14. The Morgan fingerprint density at radius 2 is 2.05 bits per heavy atom. The first-order chi connectivity index (χ1) is 8.97. The Morgan fingerprint density at radius 1 is 1.32 bits per heavy atom. The van der Waals surface area contributed by atoms with Gasteiger partial charge in [0, 0.05) is 11.6 Å². The molecule has 1 amide bonds. The van der Waals surface area contributed by atoms with Gasteiger partial charge in [-0.2, -0.15) is 0 Å².